The van der Waals surface area contributed by atoms with Crippen LogP contribution in [0.4, 0.5) is 4.79 Å². The lowest BCUT2D eigenvalue weighted by Crippen LogP contribution is -2.54. The number of nitrogens with one attached hydrogen (secondary N) is 4. The molecule has 2 heterocycles. The van der Waals surface area contributed by atoms with Crippen molar-refractivity contribution in [3.8, 4) is 0 Å². The maximum absolute atomic E-state index is 14.3. The van der Waals surface area contributed by atoms with Crippen LogP contribution in [-0.4, -0.2) is 74.9 Å². The molecule has 2 atom stereocenters. The first-order valence-corrected chi connectivity index (χ1v) is 16.9. The van der Waals surface area contributed by atoms with Crippen molar-refractivity contribution in [1.29, 1.82) is 0 Å². The van der Waals surface area contributed by atoms with Gasteiger partial charge in [-0.05, 0) is 42.6 Å². The number of carbonyl (C=O) groups is 3. The Morgan fingerprint density at radius 2 is 1.63 bits per heavy atom. The summed E-state index contributed by atoms with van der Waals surface area (Å²) in [5.74, 6) is -0.670. The van der Waals surface area contributed by atoms with Crippen molar-refractivity contribution in [2.45, 2.75) is 51.4 Å². The van der Waals surface area contributed by atoms with Gasteiger partial charge in [-0.25, -0.2) is 9.48 Å². The summed E-state index contributed by atoms with van der Waals surface area (Å²) in [6.45, 7) is 0.890. The highest BCUT2D eigenvalue weighted by atomic mass is 16.6. The number of oxime groups is 1. The van der Waals surface area contributed by atoms with Gasteiger partial charge in [-0.3, -0.25) is 25.6 Å². The number of carbonyl (C=O) groups excluding carboxylic acids is 3. The molecule has 6 N–H and O–H groups in total. The molecule has 15 heteroatoms. The summed E-state index contributed by atoms with van der Waals surface area (Å²) in [6.07, 6.45) is 4.79. The number of pyridine rings is 1. The summed E-state index contributed by atoms with van der Waals surface area (Å²) in [5, 5.41) is 24.0. The Kier molecular flexibility index (Phi) is 13.7. The highest BCUT2D eigenvalue weighted by Crippen LogP contribution is 2.16. The van der Waals surface area contributed by atoms with Crippen LogP contribution in [0.1, 0.15) is 35.2 Å². The predicted molar refractivity (Wildman–Crippen MR) is 196 cm³/mol. The molecule has 0 radical (unpaired) electrons. The van der Waals surface area contributed by atoms with Crippen molar-refractivity contribution in [3.63, 3.8) is 0 Å². The van der Waals surface area contributed by atoms with Gasteiger partial charge >= 0.3 is 6.03 Å². The Hall–Kier alpha value is -6.19. The zero-order valence-electron chi connectivity index (χ0n) is 28.9. The zero-order valence-corrected chi connectivity index (χ0v) is 28.9. The Morgan fingerprint density at radius 1 is 0.942 bits per heavy atom. The van der Waals surface area contributed by atoms with Gasteiger partial charge in [0.2, 0.25) is 11.8 Å². The maximum Gasteiger partial charge on any atom is 0.316 e. The summed E-state index contributed by atoms with van der Waals surface area (Å²) in [7, 11) is 1.49. The number of amides is 4. The van der Waals surface area contributed by atoms with E-state index in [1.165, 1.54) is 17.9 Å². The fourth-order valence-corrected chi connectivity index (χ4v) is 5.45. The summed E-state index contributed by atoms with van der Waals surface area (Å²) in [6, 6.07) is 27.7. The second-order valence-electron chi connectivity index (χ2n) is 11.9. The van der Waals surface area contributed by atoms with Crippen molar-refractivity contribution in [2.24, 2.45) is 10.9 Å². The van der Waals surface area contributed by atoms with Crippen molar-refractivity contribution in [2.75, 3.05) is 13.6 Å². The van der Waals surface area contributed by atoms with Gasteiger partial charge in [0.25, 0.3) is 0 Å². The number of aromatic nitrogens is 4. The molecule has 0 aliphatic heterocycles. The molecule has 1 unspecified atom stereocenters. The minimum atomic E-state index is -0.868. The van der Waals surface area contributed by atoms with Gasteiger partial charge in [-0.1, -0.05) is 89.2 Å². The van der Waals surface area contributed by atoms with Gasteiger partial charge in [-0.2, -0.15) is 0 Å². The summed E-state index contributed by atoms with van der Waals surface area (Å²) >= 11 is 0. The molecule has 0 saturated carbocycles. The topological polar surface area (TPSA) is 194 Å². The molecule has 0 bridgehead atoms. The van der Waals surface area contributed by atoms with E-state index in [0.29, 0.717) is 38.2 Å². The third kappa shape index (κ3) is 11.2. The highest BCUT2D eigenvalue weighted by Gasteiger charge is 2.27. The van der Waals surface area contributed by atoms with Crippen LogP contribution in [0.25, 0.3) is 10.9 Å². The zero-order chi connectivity index (χ0) is 36.5. The van der Waals surface area contributed by atoms with Crippen LogP contribution in [-0.2, 0) is 40.7 Å². The van der Waals surface area contributed by atoms with Gasteiger partial charge < -0.3 is 25.7 Å². The van der Waals surface area contributed by atoms with E-state index in [4.69, 9.17) is 10.6 Å². The van der Waals surface area contributed by atoms with Crippen LogP contribution in [0.2, 0.25) is 0 Å². The lowest BCUT2D eigenvalue weighted by Gasteiger charge is -2.28. The van der Waals surface area contributed by atoms with E-state index in [1.54, 1.807) is 17.3 Å². The first-order valence-electron chi connectivity index (χ1n) is 16.9. The molecule has 3 aromatic carbocycles. The third-order valence-corrected chi connectivity index (χ3v) is 8.08. The van der Waals surface area contributed by atoms with Gasteiger partial charge in [0.1, 0.15) is 18.9 Å². The first kappa shape index (κ1) is 37.1. The minimum absolute atomic E-state index is 0.0140. The SMILES string of the molecule is CNC(=O)NC(N)NCCC[C@H](NC(=O)Cn1nncc1CO/N=C/c1ccnc2ccccc12)C(=O)N(Cc1ccccc1)Cc1ccccc1. The smallest absolute Gasteiger partial charge is 0.316 e. The van der Waals surface area contributed by atoms with Crippen LogP contribution in [0, 0.1) is 0 Å². The van der Waals surface area contributed by atoms with E-state index < -0.39 is 24.3 Å². The van der Waals surface area contributed by atoms with Gasteiger partial charge in [0.15, 0.2) is 6.61 Å². The van der Waals surface area contributed by atoms with E-state index in [9.17, 15) is 14.4 Å². The van der Waals surface area contributed by atoms with Gasteiger partial charge in [-0.15, -0.1) is 5.10 Å². The van der Waals surface area contributed by atoms with Crippen molar-refractivity contribution in [3.05, 3.63) is 126 Å². The molecular weight excluding hydrogens is 662 g/mol. The Balaban J connectivity index is 1.25. The van der Waals surface area contributed by atoms with Crippen molar-refractivity contribution >= 4 is 35.0 Å². The number of hydrogen-bond donors (Lipinski definition) is 5. The molecule has 0 aliphatic rings. The maximum atomic E-state index is 14.3. The molecule has 0 spiro atoms. The number of para-hydroxylation sites is 1. The van der Waals surface area contributed by atoms with E-state index in [-0.39, 0.29) is 19.1 Å². The number of nitrogens with two attached hydrogens (primary N) is 1. The van der Waals surface area contributed by atoms with Crippen molar-refractivity contribution < 1.29 is 19.2 Å². The van der Waals surface area contributed by atoms with Crippen LogP contribution in [0.3, 0.4) is 0 Å². The van der Waals surface area contributed by atoms with Crippen LogP contribution in [0.15, 0.2) is 109 Å². The monoisotopic (exact) mass is 705 g/mol. The normalized spacial score (nSPS) is 12.3. The molecule has 15 nitrogen and oxygen atoms in total. The molecular formula is C37H43N11O4. The number of fused-ring (bicyclic) bond motifs is 1. The fourth-order valence-electron chi connectivity index (χ4n) is 5.45. The first-order chi connectivity index (χ1) is 25.4. The second-order valence-corrected chi connectivity index (χ2v) is 11.9. The number of nitrogens with zero attached hydrogens (tertiary/aromatic N) is 6. The Morgan fingerprint density at radius 3 is 2.35 bits per heavy atom. The minimum Gasteiger partial charge on any atom is -0.389 e. The molecule has 0 saturated heterocycles. The van der Waals surface area contributed by atoms with E-state index in [0.717, 1.165) is 27.6 Å². The van der Waals surface area contributed by atoms with Gasteiger partial charge in [0, 0.05) is 37.3 Å². The molecule has 0 aliphatic carbocycles. The molecule has 52 heavy (non-hydrogen) atoms. The number of benzene rings is 3. The van der Waals surface area contributed by atoms with Crippen LogP contribution < -0.4 is 27.0 Å². The van der Waals surface area contributed by atoms with Crippen molar-refractivity contribution in [1.82, 2.24) is 46.1 Å². The van der Waals surface area contributed by atoms with E-state index in [1.807, 2.05) is 91.0 Å². The summed E-state index contributed by atoms with van der Waals surface area (Å²) in [4.78, 5) is 51.0. The van der Waals surface area contributed by atoms with Gasteiger partial charge in [0.05, 0.1) is 23.6 Å². The molecule has 2 aromatic heterocycles. The average molecular weight is 706 g/mol. The summed E-state index contributed by atoms with van der Waals surface area (Å²) in [5.41, 5.74) is 10.1. The molecule has 4 amide bonds. The number of urea groups is 1. The molecule has 270 valence electrons. The van der Waals surface area contributed by atoms with E-state index in [2.05, 4.69) is 41.7 Å². The average Bonchev–Trinajstić information content (AvgIpc) is 3.61. The molecule has 5 aromatic rings. The number of hydrogen-bond acceptors (Lipinski definition) is 10. The van der Waals surface area contributed by atoms with Crippen LogP contribution >= 0.6 is 0 Å². The quantitative estimate of drug-likeness (QED) is 0.0394. The summed E-state index contributed by atoms with van der Waals surface area (Å²) < 4.78 is 1.41. The lowest BCUT2D eigenvalue weighted by atomic mass is 10.1. The standard InChI is InChI=1S/C37H43N11O4/c1-39-37(51)45-36(38)41-19-10-17-33(35(50)47(23-27-11-4-2-5-12-27)24-28-13-6-3-7-14-28)44-34(49)25-48-30(22-42-46-48)26-52-43-21-29-18-20-40-32-16-9-8-15-31(29)32/h2-9,11-16,18,20-22,33,36,41H,10,17,19,23-26,38H2,1H3,(H,44,49)(H2,39,45,51)/b43-21+/t33-,36?/m0/s1. The highest BCUT2D eigenvalue weighted by molar-refractivity contribution is 5.97. The Bertz CT molecular complexity index is 1870. The number of rotatable bonds is 18. The Labute approximate surface area is 301 Å². The lowest BCUT2D eigenvalue weighted by molar-refractivity contribution is -0.138. The van der Waals surface area contributed by atoms with E-state index >= 15 is 0 Å². The predicted octanol–water partition coefficient (Wildman–Crippen LogP) is 2.63. The second kappa shape index (κ2) is 19.3. The fraction of sp³-hybridized carbons (Fsp3) is 0.270. The third-order valence-electron chi connectivity index (χ3n) is 8.08. The molecule has 0 fully saturated rings. The molecule has 5 rings (SSSR count). The van der Waals surface area contributed by atoms with Crippen LogP contribution in [0.5, 0.6) is 0 Å². The largest absolute Gasteiger partial charge is 0.389 e.